The minimum atomic E-state index is 0. The lowest BCUT2D eigenvalue weighted by molar-refractivity contribution is 0.268. The molecule has 1 atom stereocenters. The molecule has 0 aliphatic carbocycles. The van der Waals surface area contributed by atoms with E-state index in [9.17, 15) is 5.11 Å². The molecule has 1 unspecified atom stereocenters. The number of nitrogens with zero attached hydrogens (tertiary/aromatic N) is 3. The van der Waals surface area contributed by atoms with E-state index < -0.39 is 0 Å². The molecule has 0 aliphatic heterocycles. The smallest absolute Gasteiger partial charge is 0.132 e. The number of nitrogens with one attached hydrogen (secondary N) is 1. The van der Waals surface area contributed by atoms with Crippen LogP contribution in [0.2, 0.25) is 0 Å². The van der Waals surface area contributed by atoms with Crippen molar-refractivity contribution in [1.29, 1.82) is 0 Å². The summed E-state index contributed by atoms with van der Waals surface area (Å²) < 4.78 is 5.45. The van der Waals surface area contributed by atoms with Gasteiger partial charge < -0.3 is 25.0 Å². The van der Waals surface area contributed by atoms with Gasteiger partial charge in [-0.25, -0.2) is 0 Å². The first-order chi connectivity index (χ1) is 26.7. The van der Waals surface area contributed by atoms with Crippen LogP contribution in [0.25, 0.3) is 0 Å². The number of ether oxygens (including phenoxy) is 1. The van der Waals surface area contributed by atoms with Crippen molar-refractivity contribution in [2.75, 3.05) is 58.9 Å². The lowest BCUT2D eigenvalue weighted by Gasteiger charge is -2.22. The molecule has 6 nitrogen and oxygen atoms in total. The molecule has 340 valence electrons. The highest BCUT2D eigenvalue weighted by atomic mass is 16.5. The quantitative estimate of drug-likeness (QED) is 0.146. The van der Waals surface area contributed by atoms with Crippen molar-refractivity contribution in [3.05, 3.63) is 107 Å². The van der Waals surface area contributed by atoms with E-state index in [0.717, 1.165) is 56.1 Å². The highest BCUT2D eigenvalue weighted by Gasteiger charge is 2.12. The summed E-state index contributed by atoms with van der Waals surface area (Å²) in [4.78, 5) is 6.87. The van der Waals surface area contributed by atoms with Gasteiger partial charge in [0.15, 0.2) is 0 Å². The Morgan fingerprint density at radius 2 is 0.862 bits per heavy atom. The number of rotatable bonds is 14. The van der Waals surface area contributed by atoms with Gasteiger partial charge in [-0.05, 0) is 205 Å². The molecule has 0 spiro atoms. The number of hydrogen-bond acceptors (Lipinski definition) is 6. The van der Waals surface area contributed by atoms with Crippen LogP contribution < -0.4 is 10.1 Å². The maximum absolute atomic E-state index is 9.69. The van der Waals surface area contributed by atoms with E-state index in [0.29, 0.717) is 11.8 Å². The van der Waals surface area contributed by atoms with Crippen molar-refractivity contribution >= 4 is 0 Å². The second-order valence-corrected chi connectivity index (χ2v) is 13.8. The van der Waals surface area contributed by atoms with E-state index in [-0.39, 0.29) is 7.43 Å². The standard InChI is InChI=1S/C13H18O.C11H16O.C8H17N.C6H15N.C6H13N.C4H11N.C3H6.CH4/c1-7-14-13-11(5)9(3)8(2)10(4)12(13)6;1-6-7(2)9(4)11(12)10(5)8(6)3;1-5-8(4)9(6-2)7-3;2*1-4-7(5-2)6-3;1-3-5-4-2;1-3-2;/h7H,1H2,2-6H3;12H,1-5H3;5,8H,1,6-7H2,2-4H3;4-6H2,1-3H3;4H,1,5-6H2,2-3H3;5H,3-4H2,1-2H3;3H,1H2,2H3;1H4. The van der Waals surface area contributed by atoms with Crippen molar-refractivity contribution in [2.24, 2.45) is 0 Å². The van der Waals surface area contributed by atoms with Crippen LogP contribution >= 0.6 is 0 Å². The van der Waals surface area contributed by atoms with E-state index in [2.05, 4.69) is 171 Å². The summed E-state index contributed by atoms with van der Waals surface area (Å²) in [6.45, 7) is 68.6. The second kappa shape index (κ2) is 41.8. The molecule has 2 rings (SSSR count). The van der Waals surface area contributed by atoms with Gasteiger partial charge in [-0.15, -0.1) is 13.2 Å². The first-order valence-electron chi connectivity index (χ1n) is 21.6. The van der Waals surface area contributed by atoms with Crippen LogP contribution in [0.1, 0.15) is 139 Å². The topological polar surface area (TPSA) is 51.2 Å². The Morgan fingerprint density at radius 1 is 0.552 bits per heavy atom. The second-order valence-electron chi connectivity index (χ2n) is 13.8. The minimum absolute atomic E-state index is 0. The van der Waals surface area contributed by atoms with Gasteiger partial charge in [0.05, 0.1) is 6.26 Å². The average Bonchev–Trinajstić information content (AvgIpc) is 3.22. The van der Waals surface area contributed by atoms with E-state index in [1.165, 1.54) is 70.4 Å². The number of phenols is 1. The summed E-state index contributed by atoms with van der Waals surface area (Å²) in [5, 5.41) is 12.8. The summed E-state index contributed by atoms with van der Waals surface area (Å²) in [5.41, 5.74) is 12.1. The molecule has 6 heteroatoms. The molecule has 2 aromatic carbocycles. The van der Waals surface area contributed by atoms with Crippen molar-refractivity contribution in [3.63, 3.8) is 0 Å². The Morgan fingerprint density at radius 3 is 1.02 bits per heavy atom. The molecule has 2 N–H and O–H groups in total. The van der Waals surface area contributed by atoms with Gasteiger partial charge >= 0.3 is 0 Å². The fourth-order valence-electron chi connectivity index (χ4n) is 5.56. The van der Waals surface area contributed by atoms with Crippen LogP contribution in [-0.4, -0.2) is 84.8 Å². The molecule has 0 fully saturated rings. The molecule has 0 radical (unpaired) electrons. The molecule has 2 aromatic rings. The number of hydrogen-bond donors (Lipinski definition) is 2. The van der Waals surface area contributed by atoms with Gasteiger partial charge in [0, 0.05) is 19.1 Å². The fraction of sp³-hybridized carbons (Fsp3) is 0.615. The van der Waals surface area contributed by atoms with Gasteiger partial charge in [0.1, 0.15) is 11.5 Å². The number of aromatic hydroxyl groups is 1. The molecule has 0 saturated carbocycles. The predicted molar refractivity (Wildman–Crippen MR) is 269 cm³/mol. The summed E-state index contributed by atoms with van der Waals surface area (Å²) >= 11 is 0. The van der Waals surface area contributed by atoms with E-state index in [1.807, 2.05) is 33.0 Å². The normalized spacial score (nSPS) is 9.91. The largest absolute Gasteiger partial charge is 0.507 e. The van der Waals surface area contributed by atoms with Crippen molar-refractivity contribution < 1.29 is 9.84 Å². The van der Waals surface area contributed by atoms with Crippen molar-refractivity contribution in [3.8, 4) is 11.5 Å². The van der Waals surface area contributed by atoms with Gasteiger partial charge in [-0.2, -0.15) is 0 Å². The van der Waals surface area contributed by atoms with Crippen LogP contribution in [0.4, 0.5) is 0 Å². The van der Waals surface area contributed by atoms with Crippen LogP contribution in [0.5, 0.6) is 11.5 Å². The first-order valence-corrected chi connectivity index (χ1v) is 21.6. The van der Waals surface area contributed by atoms with E-state index in [4.69, 9.17) is 4.74 Å². The molecule has 0 amide bonds. The van der Waals surface area contributed by atoms with Crippen LogP contribution in [0.3, 0.4) is 0 Å². The van der Waals surface area contributed by atoms with E-state index in [1.54, 1.807) is 6.08 Å². The Hall–Kier alpha value is -3.32. The van der Waals surface area contributed by atoms with Crippen LogP contribution in [0, 0.1) is 69.2 Å². The Labute approximate surface area is 364 Å². The third-order valence-electron chi connectivity index (χ3n) is 10.7. The molecular weight excluding hydrogens is 713 g/mol. The highest BCUT2D eigenvalue weighted by molar-refractivity contribution is 5.54. The molecule has 58 heavy (non-hydrogen) atoms. The fourth-order valence-corrected chi connectivity index (χ4v) is 5.56. The highest BCUT2D eigenvalue weighted by Crippen LogP contribution is 2.32. The van der Waals surface area contributed by atoms with Gasteiger partial charge in [-0.1, -0.05) is 81.2 Å². The lowest BCUT2D eigenvalue weighted by atomic mass is 9.94. The van der Waals surface area contributed by atoms with Crippen molar-refractivity contribution in [2.45, 2.75) is 159 Å². The third kappa shape index (κ3) is 27.4. The van der Waals surface area contributed by atoms with Gasteiger partial charge in [0.2, 0.25) is 0 Å². The van der Waals surface area contributed by atoms with Gasteiger partial charge in [0.25, 0.3) is 0 Å². The summed E-state index contributed by atoms with van der Waals surface area (Å²) in [5.74, 6) is 1.41. The molecule has 0 aliphatic rings. The monoisotopic (exact) mass is 813 g/mol. The third-order valence-corrected chi connectivity index (χ3v) is 10.7. The zero-order valence-corrected chi connectivity index (χ0v) is 41.8. The predicted octanol–water partition coefficient (Wildman–Crippen LogP) is 13.9. The zero-order chi connectivity index (χ0) is 45.8. The maximum atomic E-state index is 9.69. The summed E-state index contributed by atoms with van der Waals surface area (Å²) in [6, 6.07) is 0.528. The number of phenolic OH excluding ortho intramolecular Hbond substituents is 1. The number of allylic oxidation sites excluding steroid dienone is 1. The molecule has 0 heterocycles. The Bertz CT molecular complexity index is 1190. The molecule has 0 saturated heterocycles. The molecule has 0 bridgehead atoms. The molecular formula is C52H100N4O2. The van der Waals surface area contributed by atoms with E-state index >= 15 is 0 Å². The lowest BCUT2D eigenvalue weighted by Crippen LogP contribution is -2.30. The Kier molecular flexibility index (Phi) is 47.9. The molecule has 0 aromatic heterocycles. The first kappa shape index (κ1) is 66.5. The SMILES string of the molecule is C.C=CC.C=CC(C)N(CC)CC.C=CN(CC)CC.C=COc1c(C)c(C)c(C)c(C)c1C.CCN(CC)CC.CCNCC.Cc1c(C)c(C)c(O)c(C)c1C. The summed E-state index contributed by atoms with van der Waals surface area (Å²) in [6.07, 6.45) is 7.08. The number of benzene rings is 2. The minimum Gasteiger partial charge on any atom is -0.507 e. The Balaban J connectivity index is -0.000000142. The van der Waals surface area contributed by atoms with Gasteiger partial charge in [-0.3, -0.25) is 4.90 Å². The zero-order valence-electron chi connectivity index (χ0n) is 41.8. The van der Waals surface area contributed by atoms with Crippen LogP contribution in [0.15, 0.2) is 50.9 Å². The maximum Gasteiger partial charge on any atom is 0.132 e. The van der Waals surface area contributed by atoms with Crippen molar-refractivity contribution in [1.82, 2.24) is 20.0 Å². The number of likely N-dealkylation sites (N-methyl/N-ethyl adjacent to an activating group) is 1. The average molecular weight is 813 g/mol. The summed E-state index contributed by atoms with van der Waals surface area (Å²) in [7, 11) is 0. The van der Waals surface area contributed by atoms with Crippen LogP contribution in [-0.2, 0) is 0 Å².